The molecule has 0 bridgehead atoms. The average Bonchev–Trinajstić information content (AvgIpc) is 4.19. The van der Waals surface area contributed by atoms with E-state index in [0.717, 1.165) is 16.7 Å². The van der Waals surface area contributed by atoms with Crippen LogP contribution in [0, 0.1) is 6.92 Å². The Labute approximate surface area is 422 Å². The number of halogens is 1. The molecule has 4 aliphatic heterocycles. The molecule has 1 unspecified atom stereocenters. The summed E-state index contributed by atoms with van der Waals surface area (Å²) in [7, 11) is 0. The van der Waals surface area contributed by atoms with Gasteiger partial charge in [0.25, 0.3) is 11.8 Å². The van der Waals surface area contributed by atoms with E-state index in [1.165, 1.54) is 43.8 Å². The first-order valence-corrected chi connectivity index (χ1v) is 24.9. The number of carbonyl (C=O) groups excluding carboxylic acids is 3. The number of benzene rings is 3. The normalized spacial score (nSPS) is 20.0. The number of nitrogens with zero attached hydrogens (tertiary/aromatic N) is 8. The number of amides is 3. The first kappa shape index (κ1) is 48.5. The van der Waals surface area contributed by atoms with Crippen molar-refractivity contribution in [3.63, 3.8) is 0 Å². The second kappa shape index (κ2) is 20.8. The standard InChI is InChI=1S/C37H29ClN6O5S2.C12H12N4O3S/c1-22-40-30(33(38)51-22)31(43-49-37(24-11-5-2-6-12-24,25-13-7-3-8-14-25)26-15-9-4-10-16-26)34(45)41-29-27-19-17-23(18-20-28-42-39-21-50-28)32(36(47)48)44(27)35(29)46;13-9-7-3-1-6(2-4-8-15-14-5-20-8)10(12(18)19)16(7)11(9)17/h2-16,18,20-21,27,29H,17,19H2,1H3,(H,41,45)(H,47,48);2,4-5,7,9H,1,3,13H2,(H,18,19)/b20-18-,43-31-;4-2-/t27-,29+;7?,9-/m10/s1. The molecular formula is C49H41ClN10O8S3. The van der Waals surface area contributed by atoms with Gasteiger partial charge in [-0.15, -0.1) is 54.4 Å². The van der Waals surface area contributed by atoms with E-state index in [-0.39, 0.29) is 39.1 Å². The number of carboxylic acid groups (broad SMARTS) is 2. The first-order valence-electron chi connectivity index (χ1n) is 22.0. The predicted octanol–water partition coefficient (Wildman–Crippen LogP) is 6.43. The van der Waals surface area contributed by atoms with Crippen LogP contribution in [0.1, 0.15) is 63.1 Å². The molecule has 4 atom stereocenters. The Morgan fingerprint density at radius 1 is 0.761 bits per heavy atom. The first-order chi connectivity index (χ1) is 34.4. The maximum atomic E-state index is 14.2. The highest BCUT2D eigenvalue weighted by Crippen LogP contribution is 2.42. The quantitative estimate of drug-likeness (QED) is 0.0397. The summed E-state index contributed by atoms with van der Waals surface area (Å²) >= 11 is 10.5. The smallest absolute Gasteiger partial charge is 0.352 e. The second-order valence-corrected chi connectivity index (χ2v) is 19.9. The minimum absolute atomic E-state index is 0.0358. The van der Waals surface area contributed by atoms with Crippen LogP contribution in [0.5, 0.6) is 0 Å². The van der Waals surface area contributed by atoms with Gasteiger partial charge in [0.2, 0.25) is 11.5 Å². The predicted molar refractivity (Wildman–Crippen MR) is 266 cm³/mol. The Morgan fingerprint density at radius 2 is 1.24 bits per heavy atom. The lowest BCUT2D eigenvalue weighted by molar-refractivity contribution is -0.155. The molecule has 5 N–H and O–H groups in total. The van der Waals surface area contributed by atoms with Crippen molar-refractivity contribution in [2.75, 3.05) is 0 Å². The molecule has 71 heavy (non-hydrogen) atoms. The van der Waals surface area contributed by atoms with Crippen LogP contribution >= 0.6 is 45.6 Å². The van der Waals surface area contributed by atoms with Crippen LogP contribution < -0.4 is 11.1 Å². The second-order valence-electron chi connectivity index (χ2n) is 16.3. The van der Waals surface area contributed by atoms with Crippen molar-refractivity contribution in [3.8, 4) is 0 Å². The third kappa shape index (κ3) is 9.56. The number of fused-ring (bicyclic) bond motifs is 2. The van der Waals surface area contributed by atoms with Gasteiger partial charge in [0.1, 0.15) is 54.5 Å². The Hall–Kier alpha value is -7.56. The van der Waals surface area contributed by atoms with E-state index < -0.39 is 47.5 Å². The molecule has 18 nitrogen and oxygen atoms in total. The highest BCUT2D eigenvalue weighted by atomic mass is 35.5. The van der Waals surface area contributed by atoms with Crippen molar-refractivity contribution >= 4 is 93.1 Å². The van der Waals surface area contributed by atoms with Crippen LogP contribution in [0.15, 0.2) is 142 Å². The van der Waals surface area contributed by atoms with Gasteiger partial charge in [-0.3, -0.25) is 24.2 Å². The molecule has 3 aromatic carbocycles. The third-order valence-electron chi connectivity index (χ3n) is 12.2. The fourth-order valence-electron chi connectivity index (χ4n) is 8.98. The fraction of sp³-hybridized carbons (Fsp3) is 0.204. The molecule has 4 aliphatic rings. The summed E-state index contributed by atoms with van der Waals surface area (Å²) in [4.78, 5) is 77.0. The van der Waals surface area contributed by atoms with Crippen molar-refractivity contribution in [2.24, 2.45) is 10.9 Å². The lowest BCUT2D eigenvalue weighted by atomic mass is 9.80. The molecule has 22 heteroatoms. The van der Waals surface area contributed by atoms with Gasteiger partial charge in [-0.25, -0.2) is 14.6 Å². The summed E-state index contributed by atoms with van der Waals surface area (Å²) in [5.74, 6) is -3.97. The summed E-state index contributed by atoms with van der Waals surface area (Å²) in [5.41, 5.74) is 10.7. The van der Waals surface area contributed by atoms with Gasteiger partial charge in [-0.1, -0.05) is 120 Å². The molecular weight excluding hydrogens is 988 g/mol. The number of nitrogens with two attached hydrogens (primary N) is 1. The SMILES string of the molecule is Cc1nc(/C(=N/OC(c2ccccc2)(c2ccccc2)c2ccccc2)C(=O)N[C@@H]2C(=O)N3C(C(=O)O)=C(/C=C\c4nncs4)CC[C@H]23)c(Cl)s1.N[C@@H]1C(=O)N2C(C(=O)O)=C(/C=C\c3nncs3)CCC12. The number of oxime groups is 1. The maximum Gasteiger partial charge on any atom is 0.352 e. The third-order valence-corrected chi connectivity index (χ3v) is 14.7. The summed E-state index contributed by atoms with van der Waals surface area (Å²) < 4.78 is 0.219. The highest BCUT2D eigenvalue weighted by Gasteiger charge is 2.54. The van der Waals surface area contributed by atoms with Crippen molar-refractivity contribution in [1.82, 2.24) is 40.5 Å². The number of rotatable bonds is 14. The molecule has 3 aromatic heterocycles. The molecule has 7 heterocycles. The van der Waals surface area contributed by atoms with Crippen LogP contribution in [0.2, 0.25) is 4.34 Å². The van der Waals surface area contributed by atoms with Crippen molar-refractivity contribution in [3.05, 3.63) is 178 Å². The number of aliphatic carboxylic acids is 2. The van der Waals surface area contributed by atoms with Gasteiger partial charge in [0, 0.05) is 16.7 Å². The molecule has 10 rings (SSSR count). The highest BCUT2D eigenvalue weighted by molar-refractivity contribution is 7.16. The zero-order valence-corrected chi connectivity index (χ0v) is 40.6. The molecule has 0 saturated carbocycles. The van der Waals surface area contributed by atoms with E-state index in [1.54, 1.807) is 42.2 Å². The van der Waals surface area contributed by atoms with E-state index >= 15 is 0 Å². The number of aryl methyl sites for hydroxylation is 1. The van der Waals surface area contributed by atoms with E-state index in [9.17, 15) is 34.2 Å². The molecule has 3 amide bonds. The lowest BCUT2D eigenvalue weighted by Crippen LogP contribution is -2.72. The Kier molecular flexibility index (Phi) is 14.2. The summed E-state index contributed by atoms with van der Waals surface area (Å²) in [6.45, 7) is 1.75. The Balaban J connectivity index is 0.000000259. The lowest BCUT2D eigenvalue weighted by Gasteiger charge is -2.50. The van der Waals surface area contributed by atoms with Gasteiger partial charge < -0.3 is 26.1 Å². The van der Waals surface area contributed by atoms with Crippen molar-refractivity contribution in [2.45, 2.75) is 62.4 Å². The number of carbonyl (C=O) groups is 5. The number of aromatic nitrogens is 5. The minimum Gasteiger partial charge on any atom is -0.477 e. The molecule has 2 fully saturated rings. The van der Waals surface area contributed by atoms with Gasteiger partial charge in [-0.2, -0.15) is 0 Å². The van der Waals surface area contributed by atoms with Crippen molar-refractivity contribution in [1.29, 1.82) is 0 Å². The van der Waals surface area contributed by atoms with Crippen LogP contribution in [-0.4, -0.2) is 105 Å². The molecule has 2 saturated heterocycles. The van der Waals surface area contributed by atoms with E-state index in [4.69, 9.17) is 22.2 Å². The summed E-state index contributed by atoms with van der Waals surface area (Å²) in [5, 5.41) is 44.0. The molecule has 0 radical (unpaired) electrons. The molecule has 0 aliphatic carbocycles. The summed E-state index contributed by atoms with van der Waals surface area (Å²) in [6.07, 6.45) is 8.76. The molecule has 360 valence electrons. The van der Waals surface area contributed by atoms with Gasteiger partial charge >= 0.3 is 11.9 Å². The van der Waals surface area contributed by atoms with Crippen LogP contribution in [0.4, 0.5) is 0 Å². The van der Waals surface area contributed by atoms with Gasteiger partial charge in [0.05, 0.1) is 17.1 Å². The van der Waals surface area contributed by atoms with E-state index in [2.05, 4.69) is 35.9 Å². The number of β-lactam (4-membered cyclic amide) rings is 2. The van der Waals surface area contributed by atoms with Gasteiger partial charge in [-0.05, 0) is 55.9 Å². The fourth-order valence-corrected chi connectivity index (χ4v) is 11.0. The van der Waals surface area contributed by atoms with E-state index in [0.29, 0.717) is 51.9 Å². The maximum absolute atomic E-state index is 14.2. The topological polar surface area (TPSA) is 256 Å². The number of thiazole rings is 1. The number of carboxylic acids is 2. The number of hydrogen-bond donors (Lipinski definition) is 4. The zero-order valence-electron chi connectivity index (χ0n) is 37.4. The average molecular weight is 1030 g/mol. The van der Waals surface area contributed by atoms with Crippen LogP contribution in [0.25, 0.3) is 12.2 Å². The van der Waals surface area contributed by atoms with Crippen LogP contribution in [-0.2, 0) is 34.4 Å². The Morgan fingerprint density at radius 3 is 1.68 bits per heavy atom. The Bertz CT molecular complexity index is 3050. The number of allylic oxidation sites excluding steroid dienone is 4. The van der Waals surface area contributed by atoms with E-state index in [1.807, 2.05) is 91.0 Å². The number of nitrogens with one attached hydrogen (secondary N) is 1. The zero-order chi connectivity index (χ0) is 49.8. The number of hydrogen-bond acceptors (Lipinski definition) is 16. The van der Waals surface area contributed by atoms with Gasteiger partial charge in [0.15, 0.2) is 5.71 Å². The molecule has 6 aromatic rings. The van der Waals surface area contributed by atoms with Crippen molar-refractivity contribution < 1.29 is 39.0 Å². The summed E-state index contributed by atoms with van der Waals surface area (Å²) in [6, 6.07) is 26.2. The van der Waals surface area contributed by atoms with Crippen LogP contribution in [0.3, 0.4) is 0 Å². The monoisotopic (exact) mass is 1030 g/mol. The minimum atomic E-state index is -1.31. The molecule has 0 spiro atoms. The largest absolute Gasteiger partial charge is 0.477 e.